The SMILES string of the molecule is CC(=O)CC1CCCCCN1Cc1ccccc1Br. The molecule has 0 aliphatic carbocycles. The number of carbonyl (C=O) groups is 1. The first-order valence-electron chi connectivity index (χ1n) is 7.13. The molecule has 0 amide bonds. The van der Waals surface area contributed by atoms with Gasteiger partial charge in [0.2, 0.25) is 0 Å². The molecule has 1 aromatic carbocycles. The van der Waals surface area contributed by atoms with Gasteiger partial charge in [-0.05, 0) is 37.9 Å². The summed E-state index contributed by atoms with van der Waals surface area (Å²) < 4.78 is 1.17. The first kappa shape index (κ1) is 14.7. The van der Waals surface area contributed by atoms with Gasteiger partial charge in [-0.1, -0.05) is 47.0 Å². The number of hydrogen-bond acceptors (Lipinski definition) is 2. The van der Waals surface area contributed by atoms with E-state index in [1.165, 1.54) is 29.3 Å². The molecule has 1 aliphatic rings. The van der Waals surface area contributed by atoms with Crippen LogP contribution in [0, 0.1) is 0 Å². The summed E-state index contributed by atoms with van der Waals surface area (Å²) in [6.07, 6.45) is 5.65. The summed E-state index contributed by atoms with van der Waals surface area (Å²) in [5, 5.41) is 0. The highest BCUT2D eigenvalue weighted by molar-refractivity contribution is 9.10. The van der Waals surface area contributed by atoms with E-state index in [-0.39, 0.29) is 0 Å². The van der Waals surface area contributed by atoms with Gasteiger partial charge in [-0.3, -0.25) is 9.69 Å². The molecule has 3 heteroatoms. The maximum absolute atomic E-state index is 11.5. The highest BCUT2D eigenvalue weighted by Crippen LogP contribution is 2.24. The standard InChI is InChI=1S/C16H22BrNO/c1-13(19)11-15-8-3-2-6-10-18(15)12-14-7-4-5-9-16(14)17/h4-5,7,9,15H,2-3,6,8,10-12H2,1H3. The molecule has 0 spiro atoms. The van der Waals surface area contributed by atoms with Crippen molar-refractivity contribution in [3.8, 4) is 0 Å². The molecule has 0 aromatic heterocycles. The third-order valence-electron chi connectivity index (χ3n) is 3.85. The lowest BCUT2D eigenvalue weighted by Crippen LogP contribution is -2.35. The van der Waals surface area contributed by atoms with Gasteiger partial charge >= 0.3 is 0 Å². The Morgan fingerprint density at radius 2 is 2.11 bits per heavy atom. The highest BCUT2D eigenvalue weighted by Gasteiger charge is 2.22. The normalized spacial score (nSPS) is 21.1. The number of hydrogen-bond donors (Lipinski definition) is 0. The first-order valence-corrected chi connectivity index (χ1v) is 7.93. The topological polar surface area (TPSA) is 20.3 Å². The Labute approximate surface area is 124 Å². The molecule has 1 fully saturated rings. The summed E-state index contributed by atoms with van der Waals surface area (Å²) in [6.45, 7) is 3.76. The van der Waals surface area contributed by atoms with E-state index in [4.69, 9.17) is 0 Å². The Balaban J connectivity index is 2.09. The van der Waals surface area contributed by atoms with Crippen LogP contribution in [0.1, 0.15) is 44.6 Å². The minimum Gasteiger partial charge on any atom is -0.300 e. The lowest BCUT2D eigenvalue weighted by molar-refractivity contribution is -0.118. The van der Waals surface area contributed by atoms with E-state index in [9.17, 15) is 4.79 Å². The summed E-state index contributed by atoms with van der Waals surface area (Å²) in [7, 11) is 0. The van der Waals surface area contributed by atoms with E-state index < -0.39 is 0 Å². The Kier molecular flexibility index (Phi) is 5.59. The average molecular weight is 324 g/mol. The van der Waals surface area contributed by atoms with Crippen molar-refractivity contribution in [1.82, 2.24) is 4.90 Å². The molecule has 0 N–H and O–H groups in total. The van der Waals surface area contributed by atoms with Crippen molar-refractivity contribution < 1.29 is 4.79 Å². The van der Waals surface area contributed by atoms with Gasteiger partial charge in [0.25, 0.3) is 0 Å². The van der Waals surface area contributed by atoms with Crippen LogP contribution in [0.5, 0.6) is 0 Å². The zero-order chi connectivity index (χ0) is 13.7. The second-order valence-corrected chi connectivity index (χ2v) is 6.33. The molecule has 2 nitrogen and oxygen atoms in total. The largest absolute Gasteiger partial charge is 0.300 e. The molecular weight excluding hydrogens is 302 g/mol. The molecule has 104 valence electrons. The Bertz CT molecular complexity index is 433. The molecule has 2 rings (SSSR count). The molecule has 0 saturated carbocycles. The number of Topliss-reactive ketones (excluding diaryl/α,β-unsaturated/α-hetero) is 1. The van der Waals surface area contributed by atoms with Crippen molar-refractivity contribution in [1.29, 1.82) is 0 Å². The van der Waals surface area contributed by atoms with Crippen molar-refractivity contribution in [3.63, 3.8) is 0 Å². The molecule has 19 heavy (non-hydrogen) atoms. The quantitative estimate of drug-likeness (QED) is 0.828. The summed E-state index contributed by atoms with van der Waals surface area (Å²) in [4.78, 5) is 13.9. The molecule has 1 saturated heterocycles. The van der Waals surface area contributed by atoms with Gasteiger partial charge in [-0.25, -0.2) is 0 Å². The maximum Gasteiger partial charge on any atom is 0.131 e. The summed E-state index contributed by atoms with van der Waals surface area (Å²) >= 11 is 3.62. The van der Waals surface area contributed by atoms with Crippen LogP contribution >= 0.6 is 15.9 Å². The predicted molar refractivity (Wildman–Crippen MR) is 82.1 cm³/mol. The van der Waals surface area contributed by atoms with Crippen molar-refractivity contribution in [2.75, 3.05) is 6.54 Å². The minimum atomic E-state index is 0.309. The van der Waals surface area contributed by atoms with Gasteiger partial charge < -0.3 is 0 Å². The number of nitrogens with zero attached hydrogens (tertiary/aromatic N) is 1. The Morgan fingerprint density at radius 3 is 2.84 bits per heavy atom. The second kappa shape index (κ2) is 7.20. The summed E-state index contributed by atoms with van der Waals surface area (Å²) in [6, 6.07) is 8.81. The van der Waals surface area contributed by atoms with Crippen LogP contribution in [0.15, 0.2) is 28.7 Å². The molecule has 1 aromatic rings. The zero-order valence-corrected chi connectivity index (χ0v) is 13.2. The van der Waals surface area contributed by atoms with E-state index in [1.54, 1.807) is 6.92 Å². The van der Waals surface area contributed by atoms with Gasteiger partial charge in [0.05, 0.1) is 0 Å². The monoisotopic (exact) mass is 323 g/mol. The number of carbonyl (C=O) groups excluding carboxylic acids is 1. The second-order valence-electron chi connectivity index (χ2n) is 5.47. The van der Waals surface area contributed by atoms with Gasteiger partial charge in [0.1, 0.15) is 5.78 Å². The molecular formula is C16H22BrNO. The van der Waals surface area contributed by atoms with E-state index in [0.717, 1.165) is 19.5 Å². The van der Waals surface area contributed by atoms with Gasteiger partial charge in [0, 0.05) is 23.5 Å². The summed E-state index contributed by atoms with van der Waals surface area (Å²) in [5.74, 6) is 0.309. The minimum absolute atomic E-state index is 0.309. The van der Waals surface area contributed by atoms with Crippen molar-refractivity contribution in [2.45, 2.75) is 51.6 Å². The molecule has 1 heterocycles. The molecule has 0 bridgehead atoms. The van der Waals surface area contributed by atoms with Crippen molar-refractivity contribution >= 4 is 21.7 Å². The number of benzene rings is 1. The van der Waals surface area contributed by atoms with Crippen LogP contribution in [0.25, 0.3) is 0 Å². The fraction of sp³-hybridized carbons (Fsp3) is 0.562. The zero-order valence-electron chi connectivity index (χ0n) is 11.6. The van der Waals surface area contributed by atoms with Crippen LogP contribution in [0.3, 0.4) is 0 Å². The van der Waals surface area contributed by atoms with E-state index in [2.05, 4.69) is 39.0 Å². The van der Waals surface area contributed by atoms with Gasteiger partial charge in [0.15, 0.2) is 0 Å². The predicted octanol–water partition coefficient (Wildman–Crippen LogP) is 4.17. The van der Waals surface area contributed by atoms with E-state index in [1.807, 2.05) is 6.07 Å². The maximum atomic E-state index is 11.5. The lowest BCUT2D eigenvalue weighted by Gasteiger charge is -2.29. The summed E-state index contributed by atoms with van der Waals surface area (Å²) in [5.41, 5.74) is 1.32. The van der Waals surface area contributed by atoms with Crippen LogP contribution in [0.4, 0.5) is 0 Å². The van der Waals surface area contributed by atoms with E-state index >= 15 is 0 Å². The lowest BCUT2D eigenvalue weighted by atomic mass is 10.0. The third-order valence-corrected chi connectivity index (χ3v) is 4.63. The smallest absolute Gasteiger partial charge is 0.131 e. The van der Waals surface area contributed by atoms with Crippen LogP contribution in [0.2, 0.25) is 0 Å². The number of ketones is 1. The van der Waals surface area contributed by atoms with Crippen LogP contribution in [-0.4, -0.2) is 23.3 Å². The number of likely N-dealkylation sites (tertiary alicyclic amines) is 1. The van der Waals surface area contributed by atoms with Crippen LogP contribution in [-0.2, 0) is 11.3 Å². The fourth-order valence-electron chi connectivity index (χ4n) is 2.85. The number of rotatable bonds is 4. The third kappa shape index (κ3) is 4.43. The van der Waals surface area contributed by atoms with E-state index in [0.29, 0.717) is 18.2 Å². The Hall–Kier alpha value is -0.670. The van der Waals surface area contributed by atoms with Crippen molar-refractivity contribution in [3.05, 3.63) is 34.3 Å². The van der Waals surface area contributed by atoms with Gasteiger partial charge in [-0.2, -0.15) is 0 Å². The number of halogens is 1. The molecule has 1 atom stereocenters. The Morgan fingerprint density at radius 1 is 1.32 bits per heavy atom. The fourth-order valence-corrected chi connectivity index (χ4v) is 3.26. The highest BCUT2D eigenvalue weighted by atomic mass is 79.9. The first-order chi connectivity index (χ1) is 9.16. The van der Waals surface area contributed by atoms with Crippen LogP contribution < -0.4 is 0 Å². The molecule has 1 unspecified atom stereocenters. The average Bonchev–Trinajstić information content (AvgIpc) is 2.58. The van der Waals surface area contributed by atoms with Crippen molar-refractivity contribution in [2.24, 2.45) is 0 Å². The molecule has 1 aliphatic heterocycles. The molecule has 0 radical (unpaired) electrons. The van der Waals surface area contributed by atoms with Gasteiger partial charge in [-0.15, -0.1) is 0 Å².